The number of nitrogens with one attached hydrogen (secondary N) is 1. The van der Waals surface area contributed by atoms with Crippen LogP contribution in [0.2, 0.25) is 0 Å². The summed E-state index contributed by atoms with van der Waals surface area (Å²) in [6, 6.07) is 6.03. The van der Waals surface area contributed by atoms with Crippen LogP contribution in [0.1, 0.15) is 30.5 Å². The van der Waals surface area contributed by atoms with Gasteiger partial charge in [-0.2, -0.15) is 0 Å². The van der Waals surface area contributed by atoms with Crippen LogP contribution < -0.4 is 10.1 Å². The van der Waals surface area contributed by atoms with Crippen LogP contribution in [0.25, 0.3) is 0 Å². The SMILES string of the molecule is CCOCCN1C(=O)NC2c3cc(C)ccc3OC13CCOCC23. The fraction of sp³-hybridized carbons (Fsp3) is 0.611. The summed E-state index contributed by atoms with van der Waals surface area (Å²) in [6.07, 6.45) is 0.682. The van der Waals surface area contributed by atoms with E-state index < -0.39 is 5.72 Å². The van der Waals surface area contributed by atoms with Crippen LogP contribution in [0.3, 0.4) is 0 Å². The van der Waals surface area contributed by atoms with Gasteiger partial charge in [-0.3, -0.25) is 4.90 Å². The molecule has 0 aromatic heterocycles. The second kappa shape index (κ2) is 5.93. The number of rotatable bonds is 4. The molecule has 3 aliphatic heterocycles. The van der Waals surface area contributed by atoms with E-state index in [1.54, 1.807) is 0 Å². The molecule has 1 N–H and O–H groups in total. The van der Waals surface area contributed by atoms with Crippen molar-refractivity contribution < 1.29 is 19.0 Å². The zero-order chi connectivity index (χ0) is 16.7. The van der Waals surface area contributed by atoms with Crippen molar-refractivity contribution in [1.29, 1.82) is 0 Å². The number of hydrogen-bond donors (Lipinski definition) is 1. The third kappa shape index (κ3) is 2.28. The Morgan fingerprint density at radius 1 is 1.46 bits per heavy atom. The summed E-state index contributed by atoms with van der Waals surface area (Å²) in [7, 11) is 0. The molecule has 0 radical (unpaired) electrons. The van der Waals surface area contributed by atoms with Crippen LogP contribution in [0, 0.1) is 12.8 Å². The maximum atomic E-state index is 12.8. The van der Waals surface area contributed by atoms with Crippen LogP contribution in [0.4, 0.5) is 4.79 Å². The van der Waals surface area contributed by atoms with Gasteiger partial charge in [-0.05, 0) is 19.9 Å². The number of hydrogen-bond acceptors (Lipinski definition) is 4. The van der Waals surface area contributed by atoms with Gasteiger partial charge in [-0.25, -0.2) is 4.79 Å². The van der Waals surface area contributed by atoms with Crippen molar-refractivity contribution in [3.63, 3.8) is 0 Å². The number of fused-ring (bicyclic) bond motifs is 2. The zero-order valence-electron chi connectivity index (χ0n) is 14.2. The van der Waals surface area contributed by atoms with Crippen LogP contribution in [0.15, 0.2) is 18.2 Å². The fourth-order valence-corrected chi connectivity index (χ4v) is 4.18. The first-order chi connectivity index (χ1) is 11.7. The van der Waals surface area contributed by atoms with Crippen molar-refractivity contribution in [2.45, 2.75) is 32.0 Å². The van der Waals surface area contributed by atoms with Gasteiger partial charge in [0.2, 0.25) is 0 Å². The first-order valence-corrected chi connectivity index (χ1v) is 8.69. The predicted molar refractivity (Wildman–Crippen MR) is 87.9 cm³/mol. The minimum atomic E-state index is -0.634. The van der Waals surface area contributed by atoms with Gasteiger partial charge in [-0.15, -0.1) is 0 Å². The Morgan fingerprint density at radius 3 is 3.17 bits per heavy atom. The zero-order valence-corrected chi connectivity index (χ0v) is 14.2. The monoisotopic (exact) mass is 332 g/mol. The van der Waals surface area contributed by atoms with E-state index in [0.29, 0.717) is 39.4 Å². The molecule has 6 heteroatoms. The van der Waals surface area contributed by atoms with Crippen molar-refractivity contribution in [3.8, 4) is 5.75 Å². The number of carbonyl (C=O) groups is 1. The Bertz CT molecular complexity index is 650. The lowest BCUT2D eigenvalue weighted by molar-refractivity contribution is -0.200. The summed E-state index contributed by atoms with van der Waals surface area (Å²) >= 11 is 0. The number of ether oxygens (including phenoxy) is 3. The van der Waals surface area contributed by atoms with Crippen molar-refractivity contribution in [2.24, 2.45) is 5.92 Å². The van der Waals surface area contributed by atoms with Crippen molar-refractivity contribution in [3.05, 3.63) is 29.3 Å². The molecular formula is C18H24N2O4. The molecule has 2 bridgehead atoms. The minimum Gasteiger partial charge on any atom is -0.467 e. The van der Waals surface area contributed by atoms with E-state index in [-0.39, 0.29) is 18.0 Å². The summed E-state index contributed by atoms with van der Waals surface area (Å²) in [4.78, 5) is 14.6. The number of benzene rings is 1. The second-order valence-corrected chi connectivity index (χ2v) is 6.70. The van der Waals surface area contributed by atoms with Crippen LogP contribution in [0.5, 0.6) is 5.75 Å². The highest BCUT2D eigenvalue weighted by atomic mass is 16.5. The summed E-state index contributed by atoms with van der Waals surface area (Å²) in [5, 5.41) is 3.17. The van der Waals surface area contributed by atoms with E-state index >= 15 is 0 Å². The van der Waals surface area contributed by atoms with E-state index in [0.717, 1.165) is 16.9 Å². The topological polar surface area (TPSA) is 60.0 Å². The van der Waals surface area contributed by atoms with Gasteiger partial charge in [0.15, 0.2) is 5.72 Å². The molecule has 1 aromatic rings. The lowest BCUT2D eigenvalue weighted by Gasteiger charge is -2.58. The van der Waals surface area contributed by atoms with Gasteiger partial charge in [0.25, 0.3) is 0 Å². The molecule has 1 aromatic carbocycles. The molecular weight excluding hydrogens is 308 g/mol. The van der Waals surface area contributed by atoms with E-state index in [1.165, 1.54) is 0 Å². The third-order valence-corrected chi connectivity index (χ3v) is 5.32. The van der Waals surface area contributed by atoms with Crippen molar-refractivity contribution in [2.75, 3.05) is 33.0 Å². The Kier molecular flexibility index (Phi) is 3.89. The van der Waals surface area contributed by atoms with Gasteiger partial charge in [0.05, 0.1) is 31.8 Å². The lowest BCUT2D eigenvalue weighted by Crippen LogP contribution is -2.73. The number of amides is 2. The van der Waals surface area contributed by atoms with Crippen LogP contribution >= 0.6 is 0 Å². The number of carbonyl (C=O) groups excluding carboxylic acids is 1. The second-order valence-electron chi connectivity index (χ2n) is 6.70. The first-order valence-electron chi connectivity index (χ1n) is 8.69. The van der Waals surface area contributed by atoms with Crippen LogP contribution in [-0.2, 0) is 9.47 Å². The average molecular weight is 332 g/mol. The molecule has 6 nitrogen and oxygen atoms in total. The van der Waals surface area contributed by atoms with Gasteiger partial charge < -0.3 is 19.5 Å². The normalized spacial score (nSPS) is 30.9. The van der Waals surface area contributed by atoms with Gasteiger partial charge >= 0.3 is 6.03 Å². The Balaban J connectivity index is 1.75. The van der Waals surface area contributed by atoms with E-state index in [9.17, 15) is 4.79 Å². The Hall–Kier alpha value is -1.79. The summed E-state index contributed by atoms with van der Waals surface area (Å²) in [5.74, 6) is 0.949. The molecule has 24 heavy (non-hydrogen) atoms. The average Bonchev–Trinajstić information content (AvgIpc) is 2.58. The van der Waals surface area contributed by atoms with Gasteiger partial charge in [0.1, 0.15) is 5.75 Å². The molecule has 2 saturated heterocycles. The Labute approximate surface area is 142 Å². The standard InChI is InChI=1S/C18H24N2O4/c1-3-22-9-7-20-17(21)19-16-13-10-12(2)4-5-15(13)24-18(20)6-8-23-11-14(16)18/h4-5,10,14,16H,3,6-9,11H2,1-2H3,(H,19,21). The highest BCUT2D eigenvalue weighted by Crippen LogP contribution is 2.51. The molecule has 0 saturated carbocycles. The summed E-state index contributed by atoms with van der Waals surface area (Å²) < 4.78 is 17.7. The maximum absolute atomic E-state index is 12.8. The fourth-order valence-electron chi connectivity index (χ4n) is 4.18. The van der Waals surface area contributed by atoms with E-state index in [4.69, 9.17) is 14.2 Å². The molecule has 3 heterocycles. The number of urea groups is 1. The first kappa shape index (κ1) is 15.7. The minimum absolute atomic E-state index is 0.0650. The molecule has 130 valence electrons. The van der Waals surface area contributed by atoms with E-state index in [2.05, 4.69) is 24.4 Å². The molecule has 4 rings (SSSR count). The molecule has 2 amide bonds. The smallest absolute Gasteiger partial charge is 0.321 e. The predicted octanol–water partition coefficient (Wildman–Crippen LogP) is 2.22. The van der Waals surface area contributed by atoms with Crippen molar-refractivity contribution in [1.82, 2.24) is 10.2 Å². The maximum Gasteiger partial charge on any atom is 0.321 e. The highest BCUT2D eigenvalue weighted by Gasteiger charge is 2.60. The summed E-state index contributed by atoms with van der Waals surface area (Å²) in [6.45, 7) is 6.86. The summed E-state index contributed by atoms with van der Waals surface area (Å²) in [5.41, 5.74) is 1.58. The molecule has 0 spiro atoms. The third-order valence-electron chi connectivity index (χ3n) is 5.32. The van der Waals surface area contributed by atoms with E-state index in [1.807, 2.05) is 17.9 Å². The largest absolute Gasteiger partial charge is 0.467 e. The Morgan fingerprint density at radius 2 is 2.33 bits per heavy atom. The molecule has 3 unspecified atom stereocenters. The molecule has 3 atom stereocenters. The van der Waals surface area contributed by atoms with Gasteiger partial charge in [0, 0.05) is 25.1 Å². The number of aryl methyl sites for hydroxylation is 1. The van der Waals surface area contributed by atoms with Crippen LogP contribution in [-0.4, -0.2) is 49.6 Å². The lowest BCUT2D eigenvalue weighted by atomic mass is 9.76. The molecule has 2 fully saturated rings. The van der Waals surface area contributed by atoms with Gasteiger partial charge in [-0.1, -0.05) is 17.7 Å². The highest BCUT2D eigenvalue weighted by molar-refractivity contribution is 5.78. The number of nitrogens with zero attached hydrogens (tertiary/aromatic N) is 1. The molecule has 0 aliphatic carbocycles. The quantitative estimate of drug-likeness (QED) is 0.859. The van der Waals surface area contributed by atoms with Crippen molar-refractivity contribution >= 4 is 6.03 Å². The molecule has 3 aliphatic rings.